The van der Waals surface area contributed by atoms with Crippen LogP contribution in [0.2, 0.25) is 0 Å². The minimum Gasteiger partial charge on any atom is -0.385 e. The molecular weight excluding hydrogens is 420 g/mol. The SMILES string of the molecule is COCCCN1C(=O)N(CC(=O)CCC(N)=O)CC12CCC(c1ccccc1)(N(C)C)CC2. The number of primary amides is 1. The Morgan fingerprint density at radius 3 is 2.33 bits per heavy atom. The van der Waals surface area contributed by atoms with Crippen LogP contribution in [-0.2, 0) is 19.9 Å². The van der Waals surface area contributed by atoms with Gasteiger partial charge in [-0.1, -0.05) is 30.3 Å². The maximum Gasteiger partial charge on any atom is 0.321 e. The number of ketones is 1. The zero-order valence-electron chi connectivity index (χ0n) is 20.2. The van der Waals surface area contributed by atoms with Crippen LogP contribution in [0.3, 0.4) is 0 Å². The maximum absolute atomic E-state index is 13.4. The molecule has 0 bridgehead atoms. The number of amides is 3. The minimum absolute atomic E-state index is 0.0198. The molecule has 3 amide bonds. The van der Waals surface area contributed by atoms with Crippen molar-refractivity contribution in [2.75, 3.05) is 47.4 Å². The van der Waals surface area contributed by atoms with E-state index in [1.165, 1.54) is 5.56 Å². The van der Waals surface area contributed by atoms with Gasteiger partial charge in [0.2, 0.25) is 5.91 Å². The van der Waals surface area contributed by atoms with Gasteiger partial charge in [0.1, 0.15) is 0 Å². The number of urea groups is 1. The number of carbonyl (C=O) groups excluding carboxylic acids is 3. The standard InChI is InChI=1S/C25H38N4O4/c1-27(2)25(20-8-5-4-6-9-20)14-12-24(13-15-25)19-28(18-21(30)10-11-22(26)31)23(32)29(24)16-7-17-33-3/h4-6,8-9H,7,10-19H2,1-3H3,(H2,26,31). The van der Waals surface area contributed by atoms with Gasteiger partial charge in [0, 0.05) is 45.2 Å². The molecule has 182 valence electrons. The van der Waals surface area contributed by atoms with E-state index in [4.69, 9.17) is 10.5 Å². The summed E-state index contributed by atoms with van der Waals surface area (Å²) in [5.41, 5.74) is 6.12. The number of ether oxygens (including phenoxy) is 1. The number of Topliss-reactive ketones (excluding diaryl/α,β-unsaturated/α-hetero) is 1. The Labute approximate surface area is 197 Å². The molecule has 2 aliphatic rings. The number of carbonyl (C=O) groups is 3. The maximum atomic E-state index is 13.4. The molecule has 8 heteroatoms. The second-order valence-corrected chi connectivity index (χ2v) is 9.66. The van der Waals surface area contributed by atoms with Gasteiger partial charge in [0.05, 0.1) is 12.1 Å². The highest BCUT2D eigenvalue weighted by Crippen LogP contribution is 2.48. The van der Waals surface area contributed by atoms with Crippen LogP contribution in [0.1, 0.15) is 50.5 Å². The molecule has 1 saturated carbocycles. The van der Waals surface area contributed by atoms with E-state index in [1.54, 1.807) is 12.0 Å². The fraction of sp³-hybridized carbons (Fsp3) is 0.640. The van der Waals surface area contributed by atoms with Crippen molar-refractivity contribution in [3.05, 3.63) is 35.9 Å². The average Bonchev–Trinajstić information content (AvgIpc) is 3.04. The first-order valence-corrected chi connectivity index (χ1v) is 11.8. The molecule has 33 heavy (non-hydrogen) atoms. The van der Waals surface area contributed by atoms with Crippen LogP contribution in [0.5, 0.6) is 0 Å². The molecule has 1 saturated heterocycles. The largest absolute Gasteiger partial charge is 0.385 e. The normalized spacial score (nSPS) is 25.3. The van der Waals surface area contributed by atoms with Crippen molar-refractivity contribution < 1.29 is 19.1 Å². The van der Waals surface area contributed by atoms with Crippen LogP contribution in [0, 0.1) is 0 Å². The van der Waals surface area contributed by atoms with Crippen LogP contribution in [0.15, 0.2) is 30.3 Å². The quantitative estimate of drug-likeness (QED) is 0.514. The molecule has 1 heterocycles. The van der Waals surface area contributed by atoms with Crippen molar-refractivity contribution in [3.63, 3.8) is 0 Å². The summed E-state index contributed by atoms with van der Waals surface area (Å²) in [5, 5.41) is 0. The summed E-state index contributed by atoms with van der Waals surface area (Å²) in [5.74, 6) is -0.624. The number of nitrogens with two attached hydrogens (primary N) is 1. The van der Waals surface area contributed by atoms with E-state index in [9.17, 15) is 14.4 Å². The number of hydrogen-bond acceptors (Lipinski definition) is 5. The van der Waals surface area contributed by atoms with E-state index in [-0.39, 0.29) is 42.3 Å². The first-order valence-electron chi connectivity index (χ1n) is 11.8. The predicted molar refractivity (Wildman–Crippen MR) is 127 cm³/mol. The topological polar surface area (TPSA) is 96.2 Å². The lowest BCUT2D eigenvalue weighted by Crippen LogP contribution is -2.55. The van der Waals surface area contributed by atoms with Crippen LogP contribution < -0.4 is 5.73 Å². The van der Waals surface area contributed by atoms with Gasteiger partial charge in [0.25, 0.3) is 0 Å². The number of rotatable bonds is 11. The summed E-state index contributed by atoms with van der Waals surface area (Å²) < 4.78 is 5.22. The van der Waals surface area contributed by atoms with Crippen LogP contribution in [0.4, 0.5) is 4.79 Å². The van der Waals surface area contributed by atoms with Crippen molar-refractivity contribution in [3.8, 4) is 0 Å². The Balaban J connectivity index is 1.79. The third kappa shape index (κ3) is 5.38. The summed E-state index contributed by atoms with van der Waals surface area (Å²) in [6, 6.07) is 10.5. The minimum atomic E-state index is -0.498. The fourth-order valence-corrected chi connectivity index (χ4v) is 5.56. The molecule has 1 aromatic rings. The van der Waals surface area contributed by atoms with Gasteiger partial charge in [0.15, 0.2) is 5.78 Å². The molecule has 2 N–H and O–H groups in total. The monoisotopic (exact) mass is 458 g/mol. The molecule has 8 nitrogen and oxygen atoms in total. The molecule has 1 spiro atoms. The van der Waals surface area contributed by atoms with Gasteiger partial charge < -0.3 is 20.3 Å². The molecule has 0 atom stereocenters. The third-order valence-corrected chi connectivity index (χ3v) is 7.48. The zero-order valence-corrected chi connectivity index (χ0v) is 20.2. The Morgan fingerprint density at radius 1 is 1.09 bits per heavy atom. The summed E-state index contributed by atoms with van der Waals surface area (Å²) in [7, 11) is 5.92. The van der Waals surface area contributed by atoms with E-state index in [0.717, 1.165) is 32.1 Å². The Hall–Kier alpha value is -2.45. The van der Waals surface area contributed by atoms with Crippen molar-refractivity contribution in [2.24, 2.45) is 5.73 Å². The number of hydrogen-bond donors (Lipinski definition) is 1. The van der Waals surface area contributed by atoms with E-state index >= 15 is 0 Å². The summed E-state index contributed by atoms with van der Waals surface area (Å²) in [6.07, 6.45) is 4.45. The second kappa shape index (κ2) is 10.7. The highest BCUT2D eigenvalue weighted by Gasteiger charge is 2.54. The lowest BCUT2D eigenvalue weighted by atomic mass is 9.68. The lowest BCUT2D eigenvalue weighted by Gasteiger charge is -2.51. The van der Waals surface area contributed by atoms with E-state index in [0.29, 0.717) is 19.7 Å². The molecule has 3 rings (SSSR count). The van der Waals surface area contributed by atoms with Crippen molar-refractivity contribution in [1.29, 1.82) is 0 Å². The molecular formula is C25H38N4O4. The zero-order chi connectivity index (χ0) is 24.1. The smallest absolute Gasteiger partial charge is 0.321 e. The van der Waals surface area contributed by atoms with E-state index in [1.807, 2.05) is 11.0 Å². The molecule has 1 aromatic carbocycles. The van der Waals surface area contributed by atoms with Gasteiger partial charge in [-0.25, -0.2) is 4.79 Å². The molecule has 1 aliphatic carbocycles. The first kappa shape index (κ1) is 25.2. The molecule has 1 aliphatic heterocycles. The van der Waals surface area contributed by atoms with E-state index < -0.39 is 5.91 Å². The van der Waals surface area contributed by atoms with E-state index in [2.05, 4.69) is 43.3 Å². The first-order chi connectivity index (χ1) is 15.7. The second-order valence-electron chi connectivity index (χ2n) is 9.66. The predicted octanol–water partition coefficient (Wildman–Crippen LogP) is 2.37. The van der Waals surface area contributed by atoms with Gasteiger partial charge in [-0.3, -0.25) is 14.5 Å². The van der Waals surface area contributed by atoms with Crippen LogP contribution in [-0.4, -0.2) is 85.4 Å². The summed E-state index contributed by atoms with van der Waals surface area (Å²) in [4.78, 5) is 42.8. The Bertz CT molecular complexity index is 834. The summed E-state index contributed by atoms with van der Waals surface area (Å²) >= 11 is 0. The average molecular weight is 459 g/mol. The van der Waals surface area contributed by atoms with Gasteiger partial charge in [-0.15, -0.1) is 0 Å². The summed E-state index contributed by atoms with van der Waals surface area (Å²) in [6.45, 7) is 1.77. The molecule has 0 aromatic heterocycles. The van der Waals surface area contributed by atoms with Crippen LogP contribution >= 0.6 is 0 Å². The number of benzene rings is 1. The third-order valence-electron chi connectivity index (χ3n) is 7.48. The highest BCUT2D eigenvalue weighted by atomic mass is 16.5. The number of nitrogens with zero attached hydrogens (tertiary/aromatic N) is 3. The van der Waals surface area contributed by atoms with Crippen LogP contribution in [0.25, 0.3) is 0 Å². The molecule has 0 unspecified atom stereocenters. The molecule has 0 radical (unpaired) electrons. The Morgan fingerprint density at radius 2 is 1.76 bits per heavy atom. The van der Waals surface area contributed by atoms with Crippen molar-refractivity contribution >= 4 is 17.7 Å². The lowest BCUT2D eigenvalue weighted by molar-refractivity contribution is -0.124. The highest BCUT2D eigenvalue weighted by molar-refractivity contribution is 5.89. The fourth-order valence-electron chi connectivity index (χ4n) is 5.56. The molecule has 2 fully saturated rings. The number of methoxy groups -OCH3 is 1. The van der Waals surface area contributed by atoms with Gasteiger partial charge in [-0.2, -0.15) is 0 Å². The van der Waals surface area contributed by atoms with Crippen molar-refractivity contribution in [2.45, 2.75) is 56.0 Å². The van der Waals surface area contributed by atoms with Crippen molar-refractivity contribution in [1.82, 2.24) is 14.7 Å². The van der Waals surface area contributed by atoms with Gasteiger partial charge >= 0.3 is 6.03 Å². The van der Waals surface area contributed by atoms with Gasteiger partial charge in [-0.05, 0) is 51.8 Å². The Kier molecular flexibility index (Phi) is 8.13.